The zero-order valence-corrected chi connectivity index (χ0v) is 8.59. The first-order valence-corrected chi connectivity index (χ1v) is 4.31. The zero-order chi connectivity index (χ0) is 10.7. The van der Waals surface area contributed by atoms with Gasteiger partial charge in [-0.25, -0.2) is 4.79 Å². The molecule has 14 heavy (non-hydrogen) atoms. The minimum absolute atomic E-state index is 0.219. The van der Waals surface area contributed by atoms with Crippen molar-refractivity contribution in [1.29, 1.82) is 0 Å². The second kappa shape index (κ2) is 4.24. The van der Waals surface area contributed by atoms with Crippen LogP contribution in [-0.2, 0) is 4.74 Å². The van der Waals surface area contributed by atoms with Crippen LogP contribution in [0.4, 0.5) is 0 Å². The van der Waals surface area contributed by atoms with E-state index < -0.39 is 5.97 Å². The lowest BCUT2D eigenvalue weighted by Crippen LogP contribution is -2.04. The van der Waals surface area contributed by atoms with Gasteiger partial charge in [-0.15, -0.1) is 0 Å². The maximum atomic E-state index is 11.2. The third-order valence-corrected chi connectivity index (χ3v) is 2.32. The van der Waals surface area contributed by atoms with Crippen LogP contribution in [0.15, 0.2) is 12.1 Å². The third kappa shape index (κ3) is 1.93. The largest absolute Gasteiger partial charge is 0.465 e. The molecule has 1 rings (SSSR count). The lowest BCUT2D eigenvalue weighted by atomic mass is 10.1. The van der Waals surface area contributed by atoms with Crippen molar-refractivity contribution >= 4 is 23.9 Å². The van der Waals surface area contributed by atoms with Gasteiger partial charge in [0.15, 0.2) is 0 Å². The molecule has 0 bridgehead atoms. The van der Waals surface area contributed by atoms with Gasteiger partial charge in [-0.3, -0.25) is 4.79 Å². The maximum Gasteiger partial charge on any atom is 0.339 e. The van der Waals surface area contributed by atoms with E-state index in [4.69, 9.17) is 11.6 Å². The van der Waals surface area contributed by atoms with E-state index in [1.165, 1.54) is 13.2 Å². The highest BCUT2D eigenvalue weighted by atomic mass is 35.5. The number of rotatable bonds is 2. The summed E-state index contributed by atoms with van der Waals surface area (Å²) in [6.07, 6.45) is 0.662. The first-order valence-electron chi connectivity index (χ1n) is 3.93. The first kappa shape index (κ1) is 10.7. The molecule has 4 heteroatoms. The quantitative estimate of drug-likeness (QED) is 0.558. The molecule has 74 valence electrons. The van der Waals surface area contributed by atoms with E-state index in [0.29, 0.717) is 22.4 Å². The molecule has 0 N–H and O–H groups in total. The number of ether oxygens (including phenoxy) is 1. The van der Waals surface area contributed by atoms with Gasteiger partial charge >= 0.3 is 5.97 Å². The van der Waals surface area contributed by atoms with Gasteiger partial charge in [0.2, 0.25) is 0 Å². The van der Waals surface area contributed by atoms with Crippen LogP contribution in [0.3, 0.4) is 0 Å². The number of hydrogen-bond donors (Lipinski definition) is 0. The van der Waals surface area contributed by atoms with Gasteiger partial charge in [-0.2, -0.15) is 0 Å². The lowest BCUT2D eigenvalue weighted by molar-refractivity contribution is 0.0601. The summed E-state index contributed by atoms with van der Waals surface area (Å²) in [4.78, 5) is 21.8. The molecular weight excluding hydrogens is 204 g/mol. The van der Waals surface area contributed by atoms with E-state index >= 15 is 0 Å². The number of halogens is 1. The Morgan fingerprint density at radius 2 is 2.14 bits per heavy atom. The highest BCUT2D eigenvalue weighted by Crippen LogP contribution is 2.22. The first-order chi connectivity index (χ1) is 6.60. The summed E-state index contributed by atoms with van der Waals surface area (Å²) in [7, 11) is 1.27. The highest BCUT2D eigenvalue weighted by Gasteiger charge is 2.13. The molecule has 0 radical (unpaired) electrons. The van der Waals surface area contributed by atoms with E-state index in [0.717, 1.165) is 0 Å². The Morgan fingerprint density at radius 3 is 2.64 bits per heavy atom. The highest BCUT2D eigenvalue weighted by molar-refractivity contribution is 6.34. The van der Waals surface area contributed by atoms with Crippen molar-refractivity contribution in [3.63, 3.8) is 0 Å². The summed E-state index contributed by atoms with van der Waals surface area (Å²) in [6.45, 7) is 1.72. The molecule has 1 aromatic carbocycles. The minimum Gasteiger partial charge on any atom is -0.465 e. The van der Waals surface area contributed by atoms with Gasteiger partial charge in [0, 0.05) is 5.56 Å². The summed E-state index contributed by atoms with van der Waals surface area (Å²) in [5.74, 6) is -0.540. The van der Waals surface area contributed by atoms with Crippen molar-refractivity contribution in [3.8, 4) is 0 Å². The number of methoxy groups -OCH3 is 1. The van der Waals surface area contributed by atoms with E-state index in [-0.39, 0.29) is 5.56 Å². The number of aldehydes is 1. The SMILES string of the molecule is COC(=O)c1cc(C=O)cc(C)c1Cl. The van der Waals surface area contributed by atoms with Crippen molar-refractivity contribution in [3.05, 3.63) is 33.8 Å². The molecule has 0 atom stereocenters. The van der Waals surface area contributed by atoms with Crippen molar-refractivity contribution in [2.45, 2.75) is 6.92 Å². The third-order valence-electron chi connectivity index (χ3n) is 1.82. The van der Waals surface area contributed by atoms with Crippen LogP contribution < -0.4 is 0 Å². The topological polar surface area (TPSA) is 43.4 Å². The molecule has 0 aromatic heterocycles. The Labute approximate surface area is 86.6 Å². The summed E-state index contributed by atoms with van der Waals surface area (Å²) >= 11 is 5.88. The normalized spacial score (nSPS) is 9.64. The van der Waals surface area contributed by atoms with Crippen LogP contribution >= 0.6 is 11.6 Å². The molecule has 1 aromatic rings. The van der Waals surface area contributed by atoms with Gasteiger partial charge in [-0.05, 0) is 24.6 Å². The van der Waals surface area contributed by atoms with Gasteiger partial charge < -0.3 is 4.74 Å². The molecule has 3 nitrogen and oxygen atoms in total. The van der Waals surface area contributed by atoms with E-state index in [1.807, 2.05) is 0 Å². The Hall–Kier alpha value is -1.35. The molecule has 0 fully saturated rings. The standard InChI is InChI=1S/C10H9ClO3/c1-6-3-7(5-12)4-8(9(6)11)10(13)14-2/h3-5H,1-2H3. The molecule has 0 unspecified atom stereocenters. The fourth-order valence-electron chi connectivity index (χ4n) is 1.12. The second-order valence-electron chi connectivity index (χ2n) is 2.81. The van der Waals surface area contributed by atoms with Gasteiger partial charge in [-0.1, -0.05) is 11.6 Å². The number of benzene rings is 1. The maximum absolute atomic E-state index is 11.2. The van der Waals surface area contributed by atoms with E-state index in [2.05, 4.69) is 4.74 Å². The van der Waals surface area contributed by atoms with E-state index in [1.54, 1.807) is 13.0 Å². The zero-order valence-electron chi connectivity index (χ0n) is 7.83. The molecule has 0 aliphatic rings. The predicted octanol–water partition coefficient (Wildman–Crippen LogP) is 2.25. The number of carbonyl (C=O) groups is 2. The Kier molecular flexibility index (Phi) is 3.25. The number of hydrogen-bond acceptors (Lipinski definition) is 3. The van der Waals surface area contributed by atoms with Crippen LogP contribution in [0.2, 0.25) is 5.02 Å². The smallest absolute Gasteiger partial charge is 0.339 e. The molecule has 0 saturated heterocycles. The molecule has 0 saturated carbocycles. The average Bonchev–Trinajstić information content (AvgIpc) is 2.20. The van der Waals surface area contributed by atoms with Crippen molar-refractivity contribution < 1.29 is 14.3 Å². The van der Waals surface area contributed by atoms with Gasteiger partial charge in [0.25, 0.3) is 0 Å². The van der Waals surface area contributed by atoms with Gasteiger partial charge in [0.1, 0.15) is 6.29 Å². The van der Waals surface area contributed by atoms with Crippen LogP contribution in [-0.4, -0.2) is 19.4 Å². The molecule has 0 heterocycles. The molecule has 0 aliphatic heterocycles. The van der Waals surface area contributed by atoms with Crippen LogP contribution in [0.1, 0.15) is 26.3 Å². The fourth-order valence-corrected chi connectivity index (χ4v) is 1.31. The monoisotopic (exact) mass is 212 g/mol. The number of aryl methyl sites for hydroxylation is 1. The molecule has 0 aliphatic carbocycles. The molecule has 0 amide bonds. The summed E-state index contributed by atoms with van der Waals surface area (Å²) in [6, 6.07) is 3.02. The van der Waals surface area contributed by atoms with Crippen LogP contribution in [0, 0.1) is 6.92 Å². The Morgan fingerprint density at radius 1 is 1.50 bits per heavy atom. The number of carbonyl (C=O) groups excluding carboxylic acids is 2. The average molecular weight is 213 g/mol. The number of esters is 1. The van der Waals surface area contributed by atoms with Crippen molar-refractivity contribution in [2.24, 2.45) is 0 Å². The predicted molar refractivity (Wildman–Crippen MR) is 52.9 cm³/mol. The summed E-state index contributed by atoms with van der Waals surface area (Å²) in [5.41, 5.74) is 1.31. The van der Waals surface area contributed by atoms with Crippen molar-refractivity contribution in [1.82, 2.24) is 0 Å². The second-order valence-corrected chi connectivity index (χ2v) is 3.19. The lowest BCUT2D eigenvalue weighted by Gasteiger charge is -2.05. The Balaban J connectivity index is 3.33. The van der Waals surface area contributed by atoms with Gasteiger partial charge in [0.05, 0.1) is 17.7 Å². The van der Waals surface area contributed by atoms with Crippen molar-refractivity contribution in [2.75, 3.05) is 7.11 Å². The summed E-state index contributed by atoms with van der Waals surface area (Å²) in [5, 5.41) is 0.322. The summed E-state index contributed by atoms with van der Waals surface area (Å²) < 4.78 is 4.53. The van der Waals surface area contributed by atoms with Crippen LogP contribution in [0.25, 0.3) is 0 Å². The minimum atomic E-state index is -0.540. The van der Waals surface area contributed by atoms with E-state index in [9.17, 15) is 9.59 Å². The molecule has 0 spiro atoms. The molecular formula is C10H9ClO3. The Bertz CT molecular complexity index is 385. The van der Waals surface area contributed by atoms with Crippen LogP contribution in [0.5, 0.6) is 0 Å². The fraction of sp³-hybridized carbons (Fsp3) is 0.200.